The number of ether oxygens (including phenoxy) is 1. The summed E-state index contributed by atoms with van der Waals surface area (Å²) in [5.74, 6) is 0.851. The van der Waals surface area contributed by atoms with Crippen molar-refractivity contribution in [2.24, 2.45) is 5.73 Å². The third kappa shape index (κ3) is 4.97. The lowest BCUT2D eigenvalue weighted by molar-refractivity contribution is 0.116. The van der Waals surface area contributed by atoms with Crippen LogP contribution < -0.4 is 10.5 Å². The van der Waals surface area contributed by atoms with E-state index in [2.05, 4.69) is 11.8 Å². The molecule has 0 amide bonds. The molecule has 1 heterocycles. The second kappa shape index (κ2) is 8.35. The molecule has 1 unspecified atom stereocenters. The first kappa shape index (κ1) is 16.2. The van der Waals surface area contributed by atoms with Crippen LogP contribution in [0.3, 0.4) is 0 Å². The van der Waals surface area contributed by atoms with Crippen LogP contribution in [-0.4, -0.2) is 35.6 Å². The second-order valence-electron chi connectivity index (χ2n) is 5.71. The Morgan fingerprint density at radius 3 is 3.05 bits per heavy atom. The molecule has 2 rings (SSSR count). The third-order valence-corrected chi connectivity index (χ3v) is 4.37. The lowest BCUT2D eigenvalue weighted by Crippen LogP contribution is -2.41. The van der Waals surface area contributed by atoms with Gasteiger partial charge in [0.2, 0.25) is 0 Å². The van der Waals surface area contributed by atoms with E-state index in [0.717, 1.165) is 30.5 Å². The Morgan fingerprint density at radius 2 is 2.29 bits per heavy atom. The summed E-state index contributed by atoms with van der Waals surface area (Å²) in [4.78, 5) is 3.00. The molecule has 1 fully saturated rings. The van der Waals surface area contributed by atoms with E-state index in [4.69, 9.17) is 22.7 Å². The fourth-order valence-electron chi connectivity index (χ4n) is 3.03. The van der Waals surface area contributed by atoms with Crippen LogP contribution in [-0.2, 0) is 0 Å². The molecule has 0 radical (unpaired) electrons. The monoisotopic (exact) mass is 306 g/mol. The number of rotatable bonds is 7. The average molecular weight is 306 g/mol. The van der Waals surface area contributed by atoms with Gasteiger partial charge in [-0.15, -0.1) is 0 Å². The first-order valence-corrected chi connectivity index (χ1v) is 8.38. The van der Waals surface area contributed by atoms with Crippen molar-refractivity contribution >= 4 is 17.2 Å². The van der Waals surface area contributed by atoms with E-state index in [9.17, 15) is 0 Å². The molecule has 116 valence electrons. The third-order valence-electron chi connectivity index (χ3n) is 4.14. The molecule has 1 saturated heterocycles. The van der Waals surface area contributed by atoms with Crippen LogP contribution in [0, 0.1) is 0 Å². The molecule has 4 heteroatoms. The van der Waals surface area contributed by atoms with Gasteiger partial charge < -0.3 is 10.5 Å². The number of hydrogen-bond acceptors (Lipinski definition) is 3. The second-order valence-corrected chi connectivity index (χ2v) is 6.15. The standard InChI is InChI=1S/C17H26N2OS/c1-2-6-15-8-3-4-10-19(15)11-12-20-16-9-5-7-14(13-16)17(18)21/h5,7,9,13,15H,2-4,6,8,10-12H2,1H3,(H2,18,21). The maximum absolute atomic E-state index is 5.87. The minimum Gasteiger partial charge on any atom is -0.492 e. The van der Waals surface area contributed by atoms with Gasteiger partial charge in [-0.05, 0) is 37.9 Å². The summed E-state index contributed by atoms with van der Waals surface area (Å²) in [6.45, 7) is 5.20. The number of benzene rings is 1. The molecule has 1 aromatic rings. The molecule has 1 atom stereocenters. The summed E-state index contributed by atoms with van der Waals surface area (Å²) in [5, 5.41) is 0. The van der Waals surface area contributed by atoms with E-state index in [1.54, 1.807) is 0 Å². The number of nitrogens with two attached hydrogens (primary N) is 1. The topological polar surface area (TPSA) is 38.5 Å². The zero-order valence-electron chi connectivity index (χ0n) is 12.9. The van der Waals surface area contributed by atoms with Crippen LogP contribution in [0.25, 0.3) is 0 Å². The number of piperidine rings is 1. The van der Waals surface area contributed by atoms with Gasteiger partial charge in [0.15, 0.2) is 0 Å². The number of hydrogen-bond donors (Lipinski definition) is 1. The normalized spacial score (nSPS) is 19.4. The van der Waals surface area contributed by atoms with Gasteiger partial charge in [-0.25, -0.2) is 0 Å². The lowest BCUT2D eigenvalue weighted by Gasteiger charge is -2.35. The lowest BCUT2D eigenvalue weighted by atomic mass is 9.98. The van der Waals surface area contributed by atoms with Gasteiger partial charge in [-0.3, -0.25) is 4.90 Å². The van der Waals surface area contributed by atoms with E-state index in [-0.39, 0.29) is 0 Å². The SMILES string of the molecule is CCCC1CCCCN1CCOc1cccc(C(N)=S)c1. The zero-order valence-corrected chi connectivity index (χ0v) is 13.7. The summed E-state index contributed by atoms with van der Waals surface area (Å²) < 4.78 is 5.87. The van der Waals surface area contributed by atoms with Crippen molar-refractivity contribution in [3.05, 3.63) is 29.8 Å². The van der Waals surface area contributed by atoms with Gasteiger partial charge in [0.05, 0.1) is 0 Å². The molecule has 1 aromatic carbocycles. The van der Waals surface area contributed by atoms with Gasteiger partial charge in [-0.2, -0.15) is 0 Å². The summed E-state index contributed by atoms with van der Waals surface area (Å²) in [5.41, 5.74) is 6.51. The molecule has 0 saturated carbocycles. The van der Waals surface area contributed by atoms with Gasteiger partial charge in [0, 0.05) is 18.2 Å². The van der Waals surface area contributed by atoms with Gasteiger partial charge in [-0.1, -0.05) is 44.1 Å². The van der Waals surface area contributed by atoms with Crippen molar-refractivity contribution in [3.8, 4) is 5.75 Å². The molecule has 3 nitrogen and oxygen atoms in total. The fourth-order valence-corrected chi connectivity index (χ4v) is 3.16. The van der Waals surface area contributed by atoms with E-state index in [1.807, 2.05) is 24.3 Å². The summed E-state index contributed by atoms with van der Waals surface area (Å²) in [6, 6.07) is 8.47. The largest absolute Gasteiger partial charge is 0.492 e. The minimum atomic E-state index is 0.416. The molecule has 0 bridgehead atoms. The quantitative estimate of drug-likeness (QED) is 0.784. The molecular formula is C17H26N2OS. The Morgan fingerprint density at radius 1 is 1.43 bits per heavy atom. The molecule has 0 spiro atoms. The van der Waals surface area contributed by atoms with Crippen molar-refractivity contribution in [2.45, 2.75) is 45.1 Å². The molecule has 0 aromatic heterocycles. The van der Waals surface area contributed by atoms with E-state index in [0.29, 0.717) is 4.99 Å². The maximum Gasteiger partial charge on any atom is 0.120 e. The van der Waals surface area contributed by atoms with E-state index < -0.39 is 0 Å². The number of nitrogens with zero attached hydrogens (tertiary/aromatic N) is 1. The van der Waals surface area contributed by atoms with Crippen molar-refractivity contribution in [2.75, 3.05) is 19.7 Å². The van der Waals surface area contributed by atoms with Gasteiger partial charge in [0.1, 0.15) is 17.3 Å². The first-order chi connectivity index (χ1) is 10.2. The fraction of sp³-hybridized carbons (Fsp3) is 0.588. The van der Waals surface area contributed by atoms with Crippen molar-refractivity contribution in [3.63, 3.8) is 0 Å². The van der Waals surface area contributed by atoms with Crippen LogP contribution in [0.1, 0.15) is 44.6 Å². The van der Waals surface area contributed by atoms with Crippen molar-refractivity contribution in [1.29, 1.82) is 0 Å². The molecule has 1 aliphatic heterocycles. The number of thiocarbonyl (C=S) groups is 1. The first-order valence-electron chi connectivity index (χ1n) is 7.97. The van der Waals surface area contributed by atoms with E-state index in [1.165, 1.54) is 38.6 Å². The summed E-state index contributed by atoms with van der Waals surface area (Å²) >= 11 is 5.00. The predicted molar refractivity (Wildman–Crippen MR) is 91.9 cm³/mol. The highest BCUT2D eigenvalue weighted by Crippen LogP contribution is 2.20. The van der Waals surface area contributed by atoms with Crippen LogP contribution in [0.5, 0.6) is 5.75 Å². The van der Waals surface area contributed by atoms with Crippen LogP contribution in [0.2, 0.25) is 0 Å². The Balaban J connectivity index is 1.82. The molecule has 21 heavy (non-hydrogen) atoms. The summed E-state index contributed by atoms with van der Waals surface area (Å²) in [6.07, 6.45) is 6.59. The molecule has 2 N–H and O–H groups in total. The van der Waals surface area contributed by atoms with E-state index >= 15 is 0 Å². The van der Waals surface area contributed by atoms with Gasteiger partial charge in [0.25, 0.3) is 0 Å². The Bertz CT molecular complexity index is 462. The van der Waals surface area contributed by atoms with Crippen molar-refractivity contribution < 1.29 is 4.74 Å². The van der Waals surface area contributed by atoms with Crippen LogP contribution >= 0.6 is 12.2 Å². The number of likely N-dealkylation sites (tertiary alicyclic amines) is 1. The molecule has 1 aliphatic rings. The minimum absolute atomic E-state index is 0.416. The predicted octanol–water partition coefficient (Wildman–Crippen LogP) is 3.35. The Hall–Kier alpha value is -1.13. The average Bonchev–Trinajstić information content (AvgIpc) is 2.49. The van der Waals surface area contributed by atoms with Crippen LogP contribution in [0.15, 0.2) is 24.3 Å². The maximum atomic E-state index is 5.87. The highest BCUT2D eigenvalue weighted by molar-refractivity contribution is 7.80. The zero-order chi connectivity index (χ0) is 15.1. The van der Waals surface area contributed by atoms with Crippen molar-refractivity contribution in [1.82, 2.24) is 4.90 Å². The Labute approximate surface area is 133 Å². The molecule has 0 aliphatic carbocycles. The highest BCUT2D eigenvalue weighted by Gasteiger charge is 2.20. The highest BCUT2D eigenvalue weighted by atomic mass is 32.1. The smallest absolute Gasteiger partial charge is 0.120 e. The Kier molecular flexibility index (Phi) is 6.46. The van der Waals surface area contributed by atoms with Crippen LogP contribution in [0.4, 0.5) is 0 Å². The summed E-state index contributed by atoms with van der Waals surface area (Å²) in [7, 11) is 0. The van der Waals surface area contributed by atoms with Gasteiger partial charge >= 0.3 is 0 Å². The molecular weight excluding hydrogens is 280 g/mol.